The average molecular weight is 417 g/mol. The van der Waals surface area contributed by atoms with E-state index in [-0.39, 0.29) is 30.1 Å². The van der Waals surface area contributed by atoms with Crippen molar-refractivity contribution in [2.45, 2.75) is 45.3 Å². The maximum absolute atomic E-state index is 13.7. The van der Waals surface area contributed by atoms with Crippen molar-refractivity contribution < 1.29 is 23.8 Å². The summed E-state index contributed by atoms with van der Waals surface area (Å²) < 4.78 is 18.6. The van der Waals surface area contributed by atoms with Gasteiger partial charge >= 0.3 is 0 Å². The quantitative estimate of drug-likeness (QED) is 0.659. The highest BCUT2D eigenvalue weighted by atomic mass is 35.5. The zero-order chi connectivity index (χ0) is 20.0. The Kier molecular flexibility index (Phi) is 9.85. The summed E-state index contributed by atoms with van der Waals surface area (Å²) in [6.07, 6.45) is 0.361. The molecule has 0 aromatic heterocycles. The third-order valence-corrected chi connectivity index (χ3v) is 5.22. The molecule has 1 atom stereocenters. The molecule has 1 unspecified atom stereocenters. The molecule has 8 heteroatoms. The SMILES string of the molecule is CCC(CC)N1CCN(C(=O)C(O)CC(=O)c2ccc(OC)c(F)c2)CC1.Cl. The lowest BCUT2D eigenvalue weighted by molar-refractivity contribution is -0.142. The summed E-state index contributed by atoms with van der Waals surface area (Å²) in [6, 6.07) is 4.36. The number of carbonyl (C=O) groups is 2. The van der Waals surface area contributed by atoms with Gasteiger partial charge < -0.3 is 14.7 Å². The number of ketones is 1. The number of methoxy groups -OCH3 is 1. The Morgan fingerprint density at radius 2 is 1.79 bits per heavy atom. The van der Waals surface area contributed by atoms with E-state index < -0.39 is 23.6 Å². The Balaban J connectivity index is 0.00000392. The van der Waals surface area contributed by atoms with Crippen molar-refractivity contribution in [2.75, 3.05) is 33.3 Å². The molecule has 0 radical (unpaired) electrons. The van der Waals surface area contributed by atoms with Crippen LogP contribution in [0.15, 0.2) is 18.2 Å². The monoisotopic (exact) mass is 416 g/mol. The molecular formula is C20H30ClFN2O4. The molecule has 0 spiro atoms. The summed E-state index contributed by atoms with van der Waals surface area (Å²) >= 11 is 0. The van der Waals surface area contributed by atoms with Crippen molar-refractivity contribution in [1.29, 1.82) is 0 Å². The number of Topliss-reactive ketones (excluding diaryl/α,β-unsaturated/α-hetero) is 1. The first kappa shape index (κ1) is 24.3. The molecule has 1 saturated heterocycles. The molecule has 1 heterocycles. The van der Waals surface area contributed by atoms with Crippen molar-refractivity contribution in [3.05, 3.63) is 29.6 Å². The molecule has 1 amide bonds. The molecular weight excluding hydrogens is 387 g/mol. The number of aliphatic hydroxyl groups excluding tert-OH is 1. The zero-order valence-electron chi connectivity index (χ0n) is 16.7. The van der Waals surface area contributed by atoms with Gasteiger partial charge in [-0.2, -0.15) is 0 Å². The molecule has 1 aromatic carbocycles. The molecule has 0 saturated carbocycles. The smallest absolute Gasteiger partial charge is 0.251 e. The van der Waals surface area contributed by atoms with Gasteiger partial charge in [0.25, 0.3) is 5.91 Å². The normalized spacial score (nSPS) is 15.9. The van der Waals surface area contributed by atoms with Gasteiger partial charge in [0.15, 0.2) is 17.3 Å². The van der Waals surface area contributed by atoms with E-state index in [1.165, 1.54) is 19.2 Å². The lowest BCUT2D eigenvalue weighted by atomic mass is 10.0. The Labute approximate surface area is 172 Å². The summed E-state index contributed by atoms with van der Waals surface area (Å²) in [7, 11) is 1.34. The largest absolute Gasteiger partial charge is 0.494 e. The van der Waals surface area contributed by atoms with E-state index >= 15 is 0 Å². The number of rotatable bonds is 8. The highest BCUT2D eigenvalue weighted by molar-refractivity contribution is 5.99. The van der Waals surface area contributed by atoms with Gasteiger partial charge in [-0.3, -0.25) is 14.5 Å². The summed E-state index contributed by atoms with van der Waals surface area (Å²) in [6.45, 7) is 6.92. The third kappa shape index (κ3) is 5.90. The lowest BCUT2D eigenvalue weighted by Crippen LogP contribution is -2.54. The number of nitrogens with zero attached hydrogens (tertiary/aromatic N) is 2. The maximum atomic E-state index is 13.7. The van der Waals surface area contributed by atoms with E-state index in [1.54, 1.807) is 4.90 Å². The standard InChI is InChI=1S/C20H29FN2O4.ClH/c1-4-15(5-2)22-8-10-23(11-9-22)20(26)18(25)13-17(24)14-6-7-19(27-3)16(21)12-14;/h6-7,12,15,18,25H,4-5,8-11,13H2,1-3H3;1H. The number of aliphatic hydroxyl groups is 1. The summed E-state index contributed by atoms with van der Waals surface area (Å²) in [5.41, 5.74) is 0.110. The molecule has 1 aromatic rings. The number of amides is 1. The maximum Gasteiger partial charge on any atom is 0.251 e. The molecule has 6 nitrogen and oxygen atoms in total. The van der Waals surface area contributed by atoms with E-state index in [0.29, 0.717) is 19.1 Å². The van der Waals surface area contributed by atoms with Crippen LogP contribution >= 0.6 is 12.4 Å². The molecule has 0 aliphatic carbocycles. The van der Waals surface area contributed by atoms with Gasteiger partial charge in [0.2, 0.25) is 0 Å². The van der Waals surface area contributed by atoms with E-state index in [9.17, 15) is 19.1 Å². The number of ether oxygens (including phenoxy) is 1. The van der Waals surface area contributed by atoms with Crippen LogP contribution in [-0.2, 0) is 4.79 Å². The number of piperazine rings is 1. The minimum Gasteiger partial charge on any atom is -0.494 e. The predicted molar refractivity (Wildman–Crippen MR) is 108 cm³/mol. The summed E-state index contributed by atoms with van der Waals surface area (Å²) in [5, 5.41) is 10.2. The minimum atomic E-state index is -1.41. The van der Waals surface area contributed by atoms with Crippen LogP contribution in [0, 0.1) is 5.82 Å². The number of hydrogen-bond donors (Lipinski definition) is 1. The second kappa shape index (κ2) is 11.3. The topological polar surface area (TPSA) is 70.1 Å². The van der Waals surface area contributed by atoms with Crippen molar-refractivity contribution in [2.24, 2.45) is 0 Å². The van der Waals surface area contributed by atoms with E-state index in [4.69, 9.17) is 4.74 Å². The highest BCUT2D eigenvalue weighted by Crippen LogP contribution is 2.19. The van der Waals surface area contributed by atoms with Crippen LogP contribution < -0.4 is 4.74 Å². The van der Waals surface area contributed by atoms with Crippen LogP contribution in [-0.4, -0.2) is 72.0 Å². The minimum absolute atomic E-state index is 0. The van der Waals surface area contributed by atoms with E-state index in [0.717, 1.165) is 32.0 Å². The molecule has 1 aliphatic heterocycles. The van der Waals surface area contributed by atoms with Gasteiger partial charge in [-0.15, -0.1) is 12.4 Å². The third-order valence-electron chi connectivity index (χ3n) is 5.22. The van der Waals surface area contributed by atoms with Crippen LogP contribution in [0.5, 0.6) is 5.75 Å². The number of hydrogen-bond acceptors (Lipinski definition) is 5. The van der Waals surface area contributed by atoms with Gasteiger partial charge in [-0.05, 0) is 31.0 Å². The Bertz CT molecular complexity index is 662. The first-order valence-electron chi connectivity index (χ1n) is 9.48. The van der Waals surface area contributed by atoms with Gasteiger partial charge in [-0.1, -0.05) is 13.8 Å². The Morgan fingerprint density at radius 3 is 2.29 bits per heavy atom. The Hall–Kier alpha value is -1.70. The second-order valence-electron chi connectivity index (χ2n) is 6.82. The lowest BCUT2D eigenvalue weighted by Gasteiger charge is -2.39. The average Bonchev–Trinajstić information content (AvgIpc) is 2.68. The fourth-order valence-corrected chi connectivity index (χ4v) is 3.54. The van der Waals surface area contributed by atoms with Gasteiger partial charge in [-0.25, -0.2) is 4.39 Å². The Morgan fingerprint density at radius 1 is 1.18 bits per heavy atom. The van der Waals surface area contributed by atoms with Crippen LogP contribution in [0.2, 0.25) is 0 Å². The first-order valence-corrected chi connectivity index (χ1v) is 9.48. The molecule has 28 heavy (non-hydrogen) atoms. The van der Waals surface area contributed by atoms with Crippen molar-refractivity contribution in [3.8, 4) is 5.75 Å². The number of carbonyl (C=O) groups excluding carboxylic acids is 2. The molecule has 0 bridgehead atoms. The van der Waals surface area contributed by atoms with Gasteiger partial charge in [0.05, 0.1) is 7.11 Å². The van der Waals surface area contributed by atoms with Crippen LogP contribution in [0.25, 0.3) is 0 Å². The summed E-state index contributed by atoms with van der Waals surface area (Å²) in [4.78, 5) is 28.7. The fourth-order valence-electron chi connectivity index (χ4n) is 3.54. The number of halogens is 2. The van der Waals surface area contributed by atoms with Crippen LogP contribution in [0.4, 0.5) is 4.39 Å². The van der Waals surface area contributed by atoms with Gasteiger partial charge in [0, 0.05) is 44.2 Å². The molecule has 1 aliphatic rings. The van der Waals surface area contributed by atoms with E-state index in [2.05, 4.69) is 18.7 Å². The van der Waals surface area contributed by atoms with Crippen molar-refractivity contribution >= 4 is 24.1 Å². The number of benzene rings is 1. The van der Waals surface area contributed by atoms with E-state index in [1.807, 2.05) is 0 Å². The molecule has 2 rings (SSSR count). The zero-order valence-corrected chi connectivity index (χ0v) is 17.5. The van der Waals surface area contributed by atoms with Crippen LogP contribution in [0.1, 0.15) is 43.5 Å². The fraction of sp³-hybridized carbons (Fsp3) is 0.600. The molecule has 1 fully saturated rings. The predicted octanol–water partition coefficient (Wildman–Crippen LogP) is 2.52. The van der Waals surface area contributed by atoms with Gasteiger partial charge in [0.1, 0.15) is 6.10 Å². The second-order valence-corrected chi connectivity index (χ2v) is 6.82. The molecule has 158 valence electrons. The van der Waals surface area contributed by atoms with Crippen molar-refractivity contribution in [3.63, 3.8) is 0 Å². The van der Waals surface area contributed by atoms with Crippen molar-refractivity contribution in [1.82, 2.24) is 9.80 Å². The van der Waals surface area contributed by atoms with Crippen LogP contribution in [0.3, 0.4) is 0 Å². The molecule has 1 N–H and O–H groups in total. The summed E-state index contributed by atoms with van der Waals surface area (Å²) in [5.74, 6) is -1.53. The first-order chi connectivity index (χ1) is 12.9. The highest BCUT2D eigenvalue weighted by Gasteiger charge is 2.29.